The van der Waals surface area contributed by atoms with Gasteiger partial charge in [0.2, 0.25) is 0 Å². The van der Waals surface area contributed by atoms with Crippen molar-refractivity contribution in [1.82, 2.24) is 0 Å². The van der Waals surface area contributed by atoms with E-state index in [0.29, 0.717) is 5.75 Å². The molecule has 5 heteroatoms. The molecule has 1 atom stereocenters. The molecule has 0 aromatic rings. The molecule has 0 rings (SSSR count). The SMILES string of the molecule is CCSC(=O)CC(C)C(F)(F)F. The van der Waals surface area contributed by atoms with Gasteiger partial charge < -0.3 is 0 Å². The summed E-state index contributed by atoms with van der Waals surface area (Å²) >= 11 is 0.937. The molecule has 0 aliphatic rings. The number of hydrogen-bond donors (Lipinski definition) is 0. The second kappa shape index (κ2) is 4.74. The molecule has 72 valence electrons. The largest absolute Gasteiger partial charge is 0.392 e. The lowest BCUT2D eigenvalue weighted by Crippen LogP contribution is -2.21. The molecule has 0 bridgehead atoms. The summed E-state index contributed by atoms with van der Waals surface area (Å²) in [5.74, 6) is -0.993. The first-order valence-corrected chi connectivity index (χ1v) is 4.58. The maximum atomic E-state index is 11.9. The monoisotopic (exact) mass is 200 g/mol. The smallest absolute Gasteiger partial charge is 0.287 e. The van der Waals surface area contributed by atoms with Crippen molar-refractivity contribution in [3.63, 3.8) is 0 Å². The molecule has 0 saturated carbocycles. The Morgan fingerprint density at radius 2 is 2.00 bits per heavy atom. The Morgan fingerprint density at radius 3 is 2.33 bits per heavy atom. The molecule has 0 aromatic carbocycles. The second-order valence-corrected chi connectivity index (χ2v) is 3.77. The maximum Gasteiger partial charge on any atom is 0.392 e. The molecule has 0 radical (unpaired) electrons. The number of rotatable bonds is 3. The Hall–Kier alpha value is -0.190. The average Bonchev–Trinajstić information content (AvgIpc) is 1.85. The number of halogens is 3. The number of hydrogen-bond acceptors (Lipinski definition) is 2. The van der Waals surface area contributed by atoms with Gasteiger partial charge in [-0.25, -0.2) is 0 Å². The van der Waals surface area contributed by atoms with Crippen molar-refractivity contribution in [1.29, 1.82) is 0 Å². The van der Waals surface area contributed by atoms with E-state index >= 15 is 0 Å². The van der Waals surface area contributed by atoms with Crippen LogP contribution in [-0.2, 0) is 4.79 Å². The number of carbonyl (C=O) groups excluding carboxylic acids is 1. The first-order chi connectivity index (χ1) is 5.38. The Balaban J connectivity index is 3.84. The van der Waals surface area contributed by atoms with Crippen LogP contribution in [0.5, 0.6) is 0 Å². The van der Waals surface area contributed by atoms with E-state index in [1.54, 1.807) is 6.92 Å². The summed E-state index contributed by atoms with van der Waals surface area (Å²) in [6.07, 6.45) is -4.66. The van der Waals surface area contributed by atoms with Gasteiger partial charge >= 0.3 is 6.18 Å². The van der Waals surface area contributed by atoms with E-state index in [1.165, 1.54) is 0 Å². The molecule has 0 N–H and O–H groups in total. The zero-order chi connectivity index (χ0) is 9.78. The molecular formula is C7H11F3OS. The molecule has 0 aromatic heterocycles. The highest BCUT2D eigenvalue weighted by Crippen LogP contribution is 2.29. The summed E-state index contributed by atoms with van der Waals surface area (Å²) in [7, 11) is 0. The third-order valence-corrected chi connectivity index (χ3v) is 2.11. The quantitative estimate of drug-likeness (QED) is 0.696. The van der Waals surface area contributed by atoms with Crippen molar-refractivity contribution < 1.29 is 18.0 Å². The lowest BCUT2D eigenvalue weighted by atomic mass is 10.1. The maximum absolute atomic E-state index is 11.9. The molecule has 0 saturated heterocycles. The normalized spacial score (nSPS) is 14.4. The van der Waals surface area contributed by atoms with E-state index in [9.17, 15) is 18.0 Å². The lowest BCUT2D eigenvalue weighted by molar-refractivity contribution is -0.172. The van der Waals surface area contributed by atoms with Gasteiger partial charge in [0, 0.05) is 6.42 Å². The Kier molecular flexibility index (Phi) is 4.67. The van der Waals surface area contributed by atoms with Gasteiger partial charge in [-0.05, 0) is 5.75 Å². The van der Waals surface area contributed by atoms with Crippen molar-refractivity contribution in [3.8, 4) is 0 Å². The van der Waals surface area contributed by atoms with Gasteiger partial charge in [0.15, 0.2) is 5.12 Å². The molecule has 12 heavy (non-hydrogen) atoms. The van der Waals surface area contributed by atoms with Gasteiger partial charge in [-0.1, -0.05) is 25.6 Å². The number of alkyl halides is 3. The van der Waals surface area contributed by atoms with E-state index in [1.807, 2.05) is 0 Å². The van der Waals surface area contributed by atoms with Crippen molar-refractivity contribution in [3.05, 3.63) is 0 Å². The van der Waals surface area contributed by atoms with Crippen LogP contribution >= 0.6 is 11.8 Å². The van der Waals surface area contributed by atoms with Crippen LogP contribution in [-0.4, -0.2) is 17.0 Å². The minimum absolute atomic E-state index is 0.387. The second-order valence-electron chi connectivity index (χ2n) is 2.45. The van der Waals surface area contributed by atoms with Crippen LogP contribution in [0.15, 0.2) is 0 Å². The zero-order valence-electron chi connectivity index (χ0n) is 6.94. The first kappa shape index (κ1) is 11.8. The van der Waals surface area contributed by atoms with Crippen molar-refractivity contribution in [2.24, 2.45) is 5.92 Å². The van der Waals surface area contributed by atoms with Crippen LogP contribution in [0.2, 0.25) is 0 Å². The average molecular weight is 200 g/mol. The third kappa shape index (κ3) is 4.64. The highest BCUT2D eigenvalue weighted by atomic mass is 32.2. The van der Waals surface area contributed by atoms with E-state index in [-0.39, 0.29) is 5.12 Å². The van der Waals surface area contributed by atoms with Gasteiger partial charge in [0.05, 0.1) is 5.92 Å². The summed E-state index contributed by atoms with van der Waals surface area (Å²) in [4.78, 5) is 10.8. The molecule has 0 fully saturated rings. The topological polar surface area (TPSA) is 17.1 Å². The van der Waals surface area contributed by atoms with Gasteiger partial charge in [-0.2, -0.15) is 13.2 Å². The summed E-state index contributed by atoms with van der Waals surface area (Å²) in [5.41, 5.74) is 0. The highest BCUT2D eigenvalue weighted by Gasteiger charge is 2.36. The predicted molar refractivity (Wildman–Crippen MR) is 43.0 cm³/mol. The minimum Gasteiger partial charge on any atom is -0.287 e. The number of carbonyl (C=O) groups is 1. The van der Waals surface area contributed by atoms with Crippen LogP contribution in [0.4, 0.5) is 13.2 Å². The summed E-state index contributed by atoms with van der Waals surface area (Å²) < 4.78 is 35.7. The van der Waals surface area contributed by atoms with Crippen LogP contribution in [0.25, 0.3) is 0 Å². The Morgan fingerprint density at radius 1 is 1.50 bits per heavy atom. The van der Waals surface area contributed by atoms with Crippen LogP contribution in [0.3, 0.4) is 0 Å². The summed E-state index contributed by atoms with van der Waals surface area (Å²) in [6.45, 7) is 2.76. The fraction of sp³-hybridized carbons (Fsp3) is 0.857. The van der Waals surface area contributed by atoms with E-state index < -0.39 is 18.5 Å². The van der Waals surface area contributed by atoms with E-state index in [4.69, 9.17) is 0 Å². The summed E-state index contributed by atoms with van der Waals surface area (Å²) in [6, 6.07) is 0. The van der Waals surface area contributed by atoms with Gasteiger partial charge in [-0.15, -0.1) is 0 Å². The summed E-state index contributed by atoms with van der Waals surface area (Å²) in [5, 5.41) is -0.387. The molecule has 0 spiro atoms. The van der Waals surface area contributed by atoms with Crippen LogP contribution in [0, 0.1) is 5.92 Å². The van der Waals surface area contributed by atoms with Crippen molar-refractivity contribution in [2.75, 3.05) is 5.75 Å². The molecule has 0 aliphatic heterocycles. The first-order valence-electron chi connectivity index (χ1n) is 3.60. The predicted octanol–water partition coefficient (Wildman–Crippen LogP) is 2.85. The molecule has 0 amide bonds. The van der Waals surface area contributed by atoms with E-state index in [0.717, 1.165) is 18.7 Å². The van der Waals surface area contributed by atoms with Gasteiger partial charge in [0.25, 0.3) is 0 Å². The molecule has 1 unspecified atom stereocenters. The Labute approximate surface area is 73.7 Å². The van der Waals surface area contributed by atoms with Crippen molar-refractivity contribution in [2.45, 2.75) is 26.4 Å². The number of thioether (sulfide) groups is 1. The van der Waals surface area contributed by atoms with Crippen LogP contribution < -0.4 is 0 Å². The van der Waals surface area contributed by atoms with E-state index in [2.05, 4.69) is 0 Å². The molecule has 1 nitrogen and oxygen atoms in total. The lowest BCUT2D eigenvalue weighted by Gasteiger charge is -2.13. The van der Waals surface area contributed by atoms with Crippen LogP contribution in [0.1, 0.15) is 20.3 Å². The fourth-order valence-electron chi connectivity index (χ4n) is 0.586. The Bertz CT molecular complexity index is 155. The molecular weight excluding hydrogens is 189 g/mol. The standard InChI is InChI=1S/C7H11F3OS/c1-3-12-6(11)4-5(2)7(8,9)10/h5H,3-4H2,1-2H3. The van der Waals surface area contributed by atoms with Crippen molar-refractivity contribution >= 4 is 16.9 Å². The zero-order valence-corrected chi connectivity index (χ0v) is 7.76. The third-order valence-electron chi connectivity index (χ3n) is 1.34. The highest BCUT2D eigenvalue weighted by molar-refractivity contribution is 8.13. The fourth-order valence-corrected chi connectivity index (χ4v) is 1.28. The molecule has 0 heterocycles. The van der Waals surface area contributed by atoms with Gasteiger partial charge in [0.1, 0.15) is 0 Å². The minimum atomic E-state index is -4.25. The molecule has 0 aliphatic carbocycles. The van der Waals surface area contributed by atoms with Gasteiger partial charge in [-0.3, -0.25) is 4.79 Å².